The van der Waals surface area contributed by atoms with E-state index in [9.17, 15) is 19.2 Å². The number of hydrogen-bond donors (Lipinski definition) is 3. The van der Waals surface area contributed by atoms with E-state index in [2.05, 4.69) is 10.6 Å². The number of fused-ring (bicyclic) bond motifs is 1. The number of amides is 3. The fraction of sp³-hybridized carbons (Fsp3) is 0.273. The molecule has 1 aromatic heterocycles. The quantitative estimate of drug-likeness (QED) is 0.481. The first-order valence-electron chi connectivity index (χ1n) is 10.1. The highest BCUT2D eigenvalue weighted by molar-refractivity contribution is 6.03. The van der Waals surface area contributed by atoms with Gasteiger partial charge in [0.2, 0.25) is 11.8 Å². The zero-order valence-electron chi connectivity index (χ0n) is 17.3. The van der Waals surface area contributed by atoms with Gasteiger partial charge in [0.1, 0.15) is 0 Å². The predicted molar refractivity (Wildman–Crippen MR) is 118 cm³/mol. The van der Waals surface area contributed by atoms with Gasteiger partial charge in [-0.1, -0.05) is 24.3 Å². The van der Waals surface area contributed by atoms with E-state index in [4.69, 9.17) is 5.73 Å². The van der Waals surface area contributed by atoms with Crippen molar-refractivity contribution >= 4 is 34.4 Å². The van der Waals surface area contributed by atoms with Crippen LogP contribution in [0.2, 0.25) is 0 Å². The zero-order valence-corrected chi connectivity index (χ0v) is 17.3. The van der Waals surface area contributed by atoms with E-state index in [1.807, 2.05) is 31.2 Å². The topological polar surface area (TPSA) is 128 Å². The average molecular weight is 423 g/mol. The Bertz CT molecular complexity index is 1180. The lowest BCUT2D eigenvalue weighted by Crippen LogP contribution is -2.29. The number of imidazole rings is 1. The molecule has 0 aliphatic rings. The maximum Gasteiger partial charge on any atom is 0.329 e. The molecule has 0 bridgehead atoms. The third-order valence-corrected chi connectivity index (χ3v) is 4.91. The number of hydrogen-bond acceptors (Lipinski definition) is 4. The minimum absolute atomic E-state index is 0.0282. The summed E-state index contributed by atoms with van der Waals surface area (Å²) >= 11 is 0. The van der Waals surface area contributed by atoms with Crippen LogP contribution in [0.4, 0.5) is 5.69 Å². The molecular weight excluding hydrogens is 398 g/mol. The number of carbonyl (C=O) groups is 3. The molecule has 31 heavy (non-hydrogen) atoms. The van der Waals surface area contributed by atoms with Gasteiger partial charge in [0, 0.05) is 32.5 Å². The summed E-state index contributed by atoms with van der Waals surface area (Å²) in [5, 5.41) is 5.33. The predicted octanol–water partition coefficient (Wildman–Crippen LogP) is 1.46. The second kappa shape index (κ2) is 9.75. The molecule has 0 aliphatic heterocycles. The molecule has 0 spiro atoms. The molecule has 2 aromatic carbocycles. The molecular formula is C22H25N5O4. The van der Waals surface area contributed by atoms with Crippen LogP contribution in [0.25, 0.3) is 11.0 Å². The van der Waals surface area contributed by atoms with E-state index in [-0.39, 0.29) is 43.1 Å². The van der Waals surface area contributed by atoms with Crippen LogP contribution in [0.15, 0.2) is 53.3 Å². The first-order valence-corrected chi connectivity index (χ1v) is 10.1. The van der Waals surface area contributed by atoms with E-state index in [0.717, 1.165) is 11.0 Å². The van der Waals surface area contributed by atoms with E-state index in [1.165, 1.54) is 0 Å². The summed E-state index contributed by atoms with van der Waals surface area (Å²) in [7, 11) is 0. The van der Waals surface area contributed by atoms with Crippen LogP contribution in [0.5, 0.6) is 0 Å². The summed E-state index contributed by atoms with van der Waals surface area (Å²) in [4.78, 5) is 48.5. The monoisotopic (exact) mass is 423 g/mol. The van der Waals surface area contributed by atoms with E-state index in [0.29, 0.717) is 12.2 Å². The Balaban J connectivity index is 1.70. The van der Waals surface area contributed by atoms with Gasteiger partial charge in [-0.3, -0.25) is 23.5 Å². The maximum atomic E-state index is 12.7. The number of primary amides is 1. The van der Waals surface area contributed by atoms with Crippen molar-refractivity contribution in [3.05, 3.63) is 64.6 Å². The first kappa shape index (κ1) is 21.8. The van der Waals surface area contributed by atoms with Crippen LogP contribution >= 0.6 is 0 Å². The lowest BCUT2D eigenvalue weighted by atomic mass is 10.1. The van der Waals surface area contributed by atoms with Crippen molar-refractivity contribution in [2.75, 3.05) is 11.9 Å². The fourth-order valence-corrected chi connectivity index (χ4v) is 3.40. The summed E-state index contributed by atoms with van der Waals surface area (Å²) in [6.45, 7) is 2.76. The highest BCUT2D eigenvalue weighted by Crippen LogP contribution is 2.16. The largest absolute Gasteiger partial charge is 0.370 e. The molecule has 0 fully saturated rings. The minimum atomic E-state index is -0.512. The molecule has 0 unspecified atom stereocenters. The second-order valence-electron chi connectivity index (χ2n) is 6.98. The highest BCUT2D eigenvalue weighted by Gasteiger charge is 2.15. The molecule has 0 saturated heterocycles. The van der Waals surface area contributed by atoms with Gasteiger partial charge >= 0.3 is 5.69 Å². The van der Waals surface area contributed by atoms with E-state index in [1.54, 1.807) is 33.4 Å². The summed E-state index contributed by atoms with van der Waals surface area (Å²) < 4.78 is 3.25. The van der Waals surface area contributed by atoms with Crippen LogP contribution in [0, 0.1) is 0 Å². The first-order chi connectivity index (χ1) is 14.9. The Morgan fingerprint density at radius 2 is 1.58 bits per heavy atom. The van der Waals surface area contributed by atoms with Gasteiger partial charge in [-0.2, -0.15) is 0 Å². The Labute approximate surface area is 178 Å². The lowest BCUT2D eigenvalue weighted by molar-refractivity contribution is -0.118. The molecule has 0 atom stereocenters. The van der Waals surface area contributed by atoms with E-state index >= 15 is 0 Å². The van der Waals surface area contributed by atoms with Crippen molar-refractivity contribution < 1.29 is 14.4 Å². The molecule has 162 valence electrons. The summed E-state index contributed by atoms with van der Waals surface area (Å²) in [6, 6.07) is 14.0. The molecule has 0 radical (unpaired) electrons. The minimum Gasteiger partial charge on any atom is -0.370 e. The maximum absolute atomic E-state index is 12.7. The van der Waals surface area contributed by atoms with Crippen molar-refractivity contribution in [2.24, 2.45) is 5.73 Å². The molecule has 1 heterocycles. The number of rotatable bonds is 9. The highest BCUT2D eigenvalue weighted by atomic mass is 16.2. The second-order valence-corrected chi connectivity index (χ2v) is 6.98. The van der Waals surface area contributed by atoms with Gasteiger partial charge < -0.3 is 16.4 Å². The number of aromatic nitrogens is 2. The number of nitrogens with two attached hydrogens (primary N) is 1. The average Bonchev–Trinajstić information content (AvgIpc) is 3.02. The number of benzene rings is 2. The molecule has 3 rings (SSSR count). The Morgan fingerprint density at radius 1 is 0.935 bits per heavy atom. The van der Waals surface area contributed by atoms with Gasteiger partial charge in [-0.25, -0.2) is 4.79 Å². The van der Waals surface area contributed by atoms with E-state index < -0.39 is 11.8 Å². The Morgan fingerprint density at radius 3 is 2.26 bits per heavy atom. The lowest BCUT2D eigenvalue weighted by Gasteiger charge is -2.11. The zero-order chi connectivity index (χ0) is 22.4. The Hall–Kier alpha value is -3.88. The number of nitrogens with zero attached hydrogens (tertiary/aromatic N) is 2. The van der Waals surface area contributed by atoms with Crippen molar-refractivity contribution in [3.8, 4) is 0 Å². The third-order valence-electron chi connectivity index (χ3n) is 4.91. The molecule has 3 amide bonds. The molecule has 0 saturated carbocycles. The molecule has 0 aliphatic carbocycles. The van der Waals surface area contributed by atoms with Crippen molar-refractivity contribution in [2.45, 2.75) is 32.9 Å². The van der Waals surface area contributed by atoms with Gasteiger partial charge in [0.15, 0.2) is 0 Å². The summed E-state index contributed by atoms with van der Waals surface area (Å²) in [6.07, 6.45) is 0.0929. The summed E-state index contributed by atoms with van der Waals surface area (Å²) in [5.74, 6) is -1.25. The van der Waals surface area contributed by atoms with Crippen molar-refractivity contribution in [1.82, 2.24) is 14.5 Å². The van der Waals surface area contributed by atoms with Crippen molar-refractivity contribution in [3.63, 3.8) is 0 Å². The molecule has 9 heteroatoms. The summed E-state index contributed by atoms with van der Waals surface area (Å²) in [5.41, 5.74) is 7.15. The van der Waals surface area contributed by atoms with Gasteiger partial charge in [-0.05, 0) is 31.2 Å². The molecule has 3 aromatic rings. The smallest absolute Gasteiger partial charge is 0.329 e. The van der Waals surface area contributed by atoms with Gasteiger partial charge in [0.25, 0.3) is 5.91 Å². The Kier molecular flexibility index (Phi) is 6.86. The SMILES string of the molecule is CCn1c(=O)n(CCC(=O)Nc2ccccc2C(=O)NCCC(N)=O)c2ccccc21. The van der Waals surface area contributed by atoms with Crippen LogP contribution < -0.4 is 22.1 Å². The van der Waals surface area contributed by atoms with Crippen LogP contribution in [-0.4, -0.2) is 33.4 Å². The normalized spacial score (nSPS) is 10.7. The number of anilines is 1. The van der Waals surface area contributed by atoms with Crippen LogP contribution in [0.1, 0.15) is 30.1 Å². The third kappa shape index (κ3) is 5.00. The van der Waals surface area contributed by atoms with Crippen LogP contribution in [0.3, 0.4) is 0 Å². The number of carbonyl (C=O) groups excluding carboxylic acids is 3. The van der Waals surface area contributed by atoms with Crippen LogP contribution in [-0.2, 0) is 22.7 Å². The number of nitrogens with one attached hydrogen (secondary N) is 2. The van der Waals surface area contributed by atoms with Crippen molar-refractivity contribution in [1.29, 1.82) is 0 Å². The van der Waals surface area contributed by atoms with Gasteiger partial charge in [0.05, 0.1) is 22.3 Å². The number of aryl methyl sites for hydroxylation is 2. The molecule has 9 nitrogen and oxygen atoms in total. The standard InChI is InChI=1S/C22H25N5O4/c1-2-26-17-9-5-6-10-18(17)27(22(26)31)14-12-20(29)25-16-8-4-3-7-15(16)21(30)24-13-11-19(23)28/h3-10H,2,11-14H2,1H3,(H2,23,28)(H,24,30)(H,25,29). The fourth-order valence-electron chi connectivity index (χ4n) is 3.40. The molecule has 4 N–H and O–H groups in total. The number of para-hydroxylation sites is 3. The van der Waals surface area contributed by atoms with Gasteiger partial charge in [-0.15, -0.1) is 0 Å².